The van der Waals surface area contributed by atoms with Crippen LogP contribution in [0.25, 0.3) is 11.5 Å². The van der Waals surface area contributed by atoms with Crippen LogP contribution in [0.3, 0.4) is 0 Å². The number of rotatable bonds is 11. The van der Waals surface area contributed by atoms with Crippen molar-refractivity contribution in [1.82, 2.24) is 4.98 Å². The molecule has 1 heterocycles. The van der Waals surface area contributed by atoms with E-state index in [1.54, 1.807) is 0 Å². The molecule has 4 rings (SSSR count). The van der Waals surface area contributed by atoms with Crippen molar-refractivity contribution >= 4 is 5.97 Å². The van der Waals surface area contributed by atoms with Crippen molar-refractivity contribution in [3.8, 4) is 23.0 Å². The van der Waals surface area contributed by atoms with Crippen LogP contribution in [-0.2, 0) is 17.6 Å². The molecule has 6 nitrogen and oxygen atoms in total. The molecular weight excluding hydrogens is 430 g/mol. The molecule has 1 saturated carbocycles. The smallest absolute Gasteiger partial charge is 0.303 e. The third-order valence-corrected chi connectivity index (χ3v) is 6.37. The predicted octanol–water partition coefficient (Wildman–Crippen LogP) is 6.25. The van der Waals surface area contributed by atoms with Crippen LogP contribution in [0, 0.1) is 12.8 Å². The maximum atomic E-state index is 11.1. The maximum Gasteiger partial charge on any atom is 0.303 e. The van der Waals surface area contributed by atoms with Crippen LogP contribution in [0.15, 0.2) is 52.9 Å². The highest BCUT2D eigenvalue weighted by Crippen LogP contribution is 2.30. The van der Waals surface area contributed by atoms with Crippen molar-refractivity contribution in [2.24, 2.45) is 5.92 Å². The van der Waals surface area contributed by atoms with Gasteiger partial charge in [0.25, 0.3) is 0 Å². The molecule has 1 N–H and O–H groups in total. The molecule has 1 aromatic heterocycles. The lowest BCUT2D eigenvalue weighted by Gasteiger charge is -2.22. The van der Waals surface area contributed by atoms with Crippen molar-refractivity contribution in [2.75, 3.05) is 13.2 Å². The minimum Gasteiger partial charge on any atom is -0.493 e. The van der Waals surface area contributed by atoms with Crippen LogP contribution in [0.2, 0.25) is 0 Å². The topological polar surface area (TPSA) is 81.8 Å². The van der Waals surface area contributed by atoms with E-state index in [9.17, 15) is 4.79 Å². The minimum absolute atomic E-state index is 0.0785. The second-order valence-electron chi connectivity index (χ2n) is 8.96. The van der Waals surface area contributed by atoms with Gasteiger partial charge in [-0.25, -0.2) is 4.98 Å². The molecule has 180 valence electrons. The third-order valence-electron chi connectivity index (χ3n) is 6.37. The Morgan fingerprint density at radius 3 is 2.62 bits per heavy atom. The molecule has 0 saturated heterocycles. The molecule has 1 aliphatic carbocycles. The summed E-state index contributed by atoms with van der Waals surface area (Å²) in [5.41, 5.74) is 2.74. The summed E-state index contributed by atoms with van der Waals surface area (Å²) in [4.78, 5) is 15.7. The molecule has 0 unspecified atom stereocenters. The van der Waals surface area contributed by atoms with Crippen LogP contribution in [0.4, 0.5) is 0 Å². The molecule has 1 fully saturated rings. The summed E-state index contributed by atoms with van der Waals surface area (Å²) in [7, 11) is 0. The lowest BCUT2D eigenvalue weighted by molar-refractivity contribution is -0.136. The van der Waals surface area contributed by atoms with Crippen LogP contribution in [0.5, 0.6) is 11.5 Å². The molecule has 34 heavy (non-hydrogen) atoms. The lowest BCUT2D eigenvalue weighted by atomic mass is 9.90. The van der Waals surface area contributed by atoms with Crippen molar-refractivity contribution in [3.05, 3.63) is 65.5 Å². The van der Waals surface area contributed by atoms with Gasteiger partial charge in [-0.3, -0.25) is 4.79 Å². The van der Waals surface area contributed by atoms with Crippen molar-refractivity contribution < 1.29 is 23.8 Å². The van der Waals surface area contributed by atoms with E-state index in [2.05, 4.69) is 4.98 Å². The average molecular weight is 464 g/mol. The molecule has 0 spiro atoms. The molecule has 3 aromatic rings. The van der Waals surface area contributed by atoms with E-state index in [4.69, 9.17) is 19.0 Å². The van der Waals surface area contributed by atoms with E-state index in [1.165, 1.54) is 32.1 Å². The molecule has 1 aliphatic rings. The molecule has 0 bridgehead atoms. The zero-order valence-corrected chi connectivity index (χ0v) is 19.8. The number of oxazole rings is 1. The highest BCUT2D eigenvalue weighted by atomic mass is 16.5. The number of nitrogens with zero attached hydrogens (tertiary/aromatic N) is 1. The second-order valence-corrected chi connectivity index (χ2v) is 8.96. The monoisotopic (exact) mass is 463 g/mol. The summed E-state index contributed by atoms with van der Waals surface area (Å²) in [6, 6.07) is 15.5. The average Bonchev–Trinajstić information content (AvgIpc) is 3.23. The SMILES string of the molecule is Cc1oc(-c2ccccc2)nc1CCOc1ccc(CCC(=O)O)c(OCC2CCCCC2)c1. The largest absolute Gasteiger partial charge is 0.493 e. The van der Waals surface area contributed by atoms with Gasteiger partial charge in [-0.2, -0.15) is 0 Å². The number of carboxylic acids is 1. The van der Waals surface area contributed by atoms with Gasteiger partial charge in [-0.1, -0.05) is 43.5 Å². The van der Waals surface area contributed by atoms with E-state index in [0.29, 0.717) is 43.6 Å². The van der Waals surface area contributed by atoms with Gasteiger partial charge < -0.3 is 19.0 Å². The van der Waals surface area contributed by atoms with Gasteiger partial charge in [-0.15, -0.1) is 0 Å². The zero-order valence-electron chi connectivity index (χ0n) is 19.8. The Balaban J connectivity index is 1.38. The van der Waals surface area contributed by atoms with Gasteiger partial charge in [0.15, 0.2) is 0 Å². The lowest BCUT2D eigenvalue weighted by Crippen LogP contribution is -2.16. The Labute approximate surface area is 200 Å². The number of aliphatic carboxylic acids is 1. The Kier molecular flexibility index (Phi) is 8.23. The summed E-state index contributed by atoms with van der Waals surface area (Å²) in [5.74, 6) is 2.61. The minimum atomic E-state index is -0.809. The summed E-state index contributed by atoms with van der Waals surface area (Å²) >= 11 is 0. The highest BCUT2D eigenvalue weighted by molar-refractivity contribution is 5.67. The van der Waals surface area contributed by atoms with Gasteiger partial charge in [0, 0.05) is 24.5 Å². The second kappa shape index (κ2) is 11.7. The van der Waals surface area contributed by atoms with E-state index in [-0.39, 0.29) is 6.42 Å². The Morgan fingerprint density at radius 2 is 1.85 bits per heavy atom. The van der Waals surface area contributed by atoms with E-state index in [0.717, 1.165) is 28.3 Å². The van der Waals surface area contributed by atoms with Gasteiger partial charge >= 0.3 is 5.97 Å². The molecular formula is C28H33NO5. The normalized spacial score (nSPS) is 14.1. The fraction of sp³-hybridized carbons (Fsp3) is 0.429. The molecule has 0 amide bonds. The van der Waals surface area contributed by atoms with Crippen LogP contribution < -0.4 is 9.47 Å². The number of carboxylic acid groups (broad SMARTS) is 1. The standard InChI is InChI=1S/C28H33NO5/c1-20-25(29-28(34-20)23-10-6-3-7-11-23)16-17-32-24-14-12-22(13-15-27(30)31)26(18-24)33-19-21-8-4-2-5-9-21/h3,6-7,10-12,14,18,21H,2,4-5,8-9,13,15-17,19H2,1H3,(H,30,31). The number of hydrogen-bond acceptors (Lipinski definition) is 5. The molecule has 2 aromatic carbocycles. The molecule has 0 atom stereocenters. The molecule has 6 heteroatoms. The number of aryl methyl sites for hydroxylation is 2. The fourth-order valence-corrected chi connectivity index (χ4v) is 4.40. The van der Waals surface area contributed by atoms with Crippen LogP contribution in [0.1, 0.15) is 55.5 Å². The number of ether oxygens (including phenoxy) is 2. The van der Waals surface area contributed by atoms with Crippen LogP contribution >= 0.6 is 0 Å². The van der Waals surface area contributed by atoms with Gasteiger partial charge in [0.05, 0.1) is 18.9 Å². The van der Waals surface area contributed by atoms with E-state index in [1.807, 2.05) is 55.5 Å². The summed E-state index contributed by atoms with van der Waals surface area (Å²) in [5, 5.41) is 9.10. The first-order chi connectivity index (χ1) is 16.6. The third kappa shape index (κ3) is 6.62. The Morgan fingerprint density at radius 1 is 1.06 bits per heavy atom. The predicted molar refractivity (Wildman–Crippen MR) is 130 cm³/mol. The summed E-state index contributed by atoms with van der Waals surface area (Å²) in [6.07, 6.45) is 7.37. The Hall–Kier alpha value is -3.28. The number of hydrogen-bond donors (Lipinski definition) is 1. The van der Waals surface area contributed by atoms with Gasteiger partial charge in [0.2, 0.25) is 5.89 Å². The quantitative estimate of drug-likeness (QED) is 0.362. The van der Waals surface area contributed by atoms with Crippen molar-refractivity contribution in [3.63, 3.8) is 0 Å². The van der Waals surface area contributed by atoms with Crippen molar-refractivity contribution in [1.29, 1.82) is 0 Å². The number of carbonyl (C=O) groups is 1. The van der Waals surface area contributed by atoms with Gasteiger partial charge in [-0.05, 0) is 55.9 Å². The number of aromatic nitrogens is 1. The first kappa shape index (κ1) is 23.9. The first-order valence-corrected chi connectivity index (χ1v) is 12.2. The van der Waals surface area contributed by atoms with Gasteiger partial charge in [0.1, 0.15) is 17.3 Å². The van der Waals surface area contributed by atoms with Crippen LogP contribution in [-0.4, -0.2) is 29.3 Å². The zero-order chi connectivity index (χ0) is 23.8. The van der Waals surface area contributed by atoms with Crippen molar-refractivity contribution in [2.45, 2.75) is 58.3 Å². The highest BCUT2D eigenvalue weighted by Gasteiger charge is 2.16. The number of benzene rings is 2. The Bertz CT molecular complexity index is 1070. The molecule has 0 radical (unpaired) electrons. The first-order valence-electron chi connectivity index (χ1n) is 12.2. The van der Waals surface area contributed by atoms with E-state index >= 15 is 0 Å². The maximum absolute atomic E-state index is 11.1. The fourth-order valence-electron chi connectivity index (χ4n) is 4.40. The summed E-state index contributed by atoms with van der Waals surface area (Å²) in [6.45, 7) is 3.05. The van der Waals surface area contributed by atoms with E-state index < -0.39 is 5.97 Å². The summed E-state index contributed by atoms with van der Waals surface area (Å²) < 4.78 is 18.0. The molecule has 0 aliphatic heterocycles.